The predicted molar refractivity (Wildman–Crippen MR) is 120 cm³/mol. The van der Waals surface area contributed by atoms with Gasteiger partial charge >= 0.3 is 0 Å². The van der Waals surface area contributed by atoms with Gasteiger partial charge in [0, 0.05) is 0 Å². The summed E-state index contributed by atoms with van der Waals surface area (Å²) in [5.41, 5.74) is 0. The average molecular weight is 364 g/mol. The molecule has 0 heterocycles. The minimum Gasteiger partial charge on any atom is -0.259 e. The van der Waals surface area contributed by atoms with Crippen LogP contribution in [0.5, 0.6) is 0 Å². The molecule has 1 heteroatoms. The molecule has 0 aliphatic carbocycles. The Bertz CT molecular complexity index is 291. The zero-order valence-corrected chi connectivity index (χ0v) is 18.1. The molecule has 26 heavy (non-hydrogen) atoms. The molecular formula is C25H49N. The minimum absolute atomic E-state index is 1.04. The average Bonchev–Trinajstić information content (AvgIpc) is 2.66. The Kier molecular flexibility index (Phi) is 23.9. The van der Waals surface area contributed by atoms with Gasteiger partial charge in [-0.2, -0.15) is 0 Å². The second-order valence-electron chi connectivity index (χ2n) is 8.21. The van der Waals surface area contributed by atoms with E-state index in [2.05, 4.69) is 12.8 Å². The quantitative estimate of drug-likeness (QED) is 0.146. The van der Waals surface area contributed by atoms with E-state index >= 15 is 0 Å². The second-order valence-corrected chi connectivity index (χ2v) is 8.21. The fourth-order valence-corrected chi connectivity index (χ4v) is 3.75. The van der Waals surface area contributed by atoms with Crippen LogP contribution in [-0.4, -0.2) is 5.87 Å². The van der Waals surface area contributed by atoms with E-state index in [0.29, 0.717) is 0 Å². The maximum Gasteiger partial charge on any atom is -0.0234 e. The molecule has 0 saturated heterocycles. The van der Waals surface area contributed by atoms with Gasteiger partial charge < -0.3 is 0 Å². The Morgan fingerprint density at radius 1 is 0.462 bits per heavy atom. The molecule has 0 rings (SSSR count). The zero-order valence-electron chi connectivity index (χ0n) is 18.1. The molecule has 154 valence electrons. The van der Waals surface area contributed by atoms with E-state index in [1.165, 1.54) is 135 Å². The van der Waals surface area contributed by atoms with Crippen molar-refractivity contribution in [1.29, 1.82) is 5.41 Å². The topological polar surface area (TPSA) is 23.9 Å². The second kappa shape index (κ2) is 24.5. The highest BCUT2D eigenvalue weighted by Gasteiger charge is 1.95. The number of unbranched alkanes of at least 4 members (excludes halogenated alkanes) is 21. The van der Waals surface area contributed by atoms with Crippen molar-refractivity contribution in [1.82, 2.24) is 0 Å². The van der Waals surface area contributed by atoms with Gasteiger partial charge in [-0.15, -0.1) is 0 Å². The van der Waals surface area contributed by atoms with Crippen LogP contribution in [0, 0.1) is 5.41 Å². The molecule has 0 fully saturated rings. The van der Waals surface area contributed by atoms with Gasteiger partial charge in [0.05, 0.1) is 0 Å². The van der Waals surface area contributed by atoms with Crippen LogP contribution >= 0.6 is 0 Å². The van der Waals surface area contributed by atoms with Crippen LogP contribution in [0.4, 0.5) is 0 Å². The molecule has 0 aliphatic rings. The third-order valence-electron chi connectivity index (χ3n) is 5.55. The largest absolute Gasteiger partial charge is 0.259 e. The van der Waals surface area contributed by atoms with Gasteiger partial charge in [-0.05, 0) is 24.8 Å². The zero-order chi connectivity index (χ0) is 19.0. The highest BCUT2D eigenvalue weighted by Crippen LogP contribution is 2.15. The van der Waals surface area contributed by atoms with Gasteiger partial charge in [0.2, 0.25) is 0 Å². The Labute approximate surface area is 165 Å². The third-order valence-corrected chi connectivity index (χ3v) is 5.55. The number of hydrogen-bond acceptors (Lipinski definition) is 1. The first-order valence-corrected chi connectivity index (χ1v) is 12.2. The smallest absolute Gasteiger partial charge is 0.0234 e. The monoisotopic (exact) mass is 363 g/mol. The van der Waals surface area contributed by atoms with Crippen LogP contribution in [0.25, 0.3) is 0 Å². The van der Waals surface area contributed by atoms with E-state index in [9.17, 15) is 0 Å². The summed E-state index contributed by atoms with van der Waals surface area (Å²) in [4.78, 5) is 0. The lowest BCUT2D eigenvalue weighted by Gasteiger charge is -2.04. The van der Waals surface area contributed by atoms with Gasteiger partial charge in [0.25, 0.3) is 0 Å². The van der Waals surface area contributed by atoms with Crippen molar-refractivity contribution in [3.05, 3.63) is 6.08 Å². The predicted octanol–water partition coefficient (Wildman–Crippen LogP) is 9.39. The summed E-state index contributed by atoms with van der Waals surface area (Å²) in [6.45, 7) is 2.30. The molecule has 0 amide bonds. The van der Waals surface area contributed by atoms with Crippen LogP contribution in [0.1, 0.15) is 148 Å². The first kappa shape index (κ1) is 25.4. The van der Waals surface area contributed by atoms with Gasteiger partial charge in [-0.25, -0.2) is 0 Å². The van der Waals surface area contributed by atoms with E-state index in [1.807, 2.05) is 6.08 Å². The van der Waals surface area contributed by atoms with Crippen LogP contribution in [0.3, 0.4) is 0 Å². The lowest BCUT2D eigenvalue weighted by molar-refractivity contribution is 0.520. The summed E-state index contributed by atoms with van der Waals surface area (Å²) >= 11 is 0. The molecule has 1 N–H and O–H groups in total. The molecule has 0 spiro atoms. The van der Waals surface area contributed by atoms with Crippen LogP contribution in [0.2, 0.25) is 0 Å². The number of nitrogens with one attached hydrogen (secondary N) is 1. The normalized spacial score (nSPS) is 10.8. The lowest BCUT2D eigenvalue weighted by Crippen LogP contribution is -1.84. The number of hydrogen-bond donors (Lipinski definition) is 1. The van der Waals surface area contributed by atoms with Crippen LogP contribution in [0.15, 0.2) is 6.08 Å². The molecule has 0 aliphatic heterocycles. The van der Waals surface area contributed by atoms with E-state index in [1.54, 1.807) is 0 Å². The first-order valence-electron chi connectivity index (χ1n) is 12.2. The third kappa shape index (κ3) is 23.4. The van der Waals surface area contributed by atoms with E-state index < -0.39 is 0 Å². The van der Waals surface area contributed by atoms with Gasteiger partial charge in [0.1, 0.15) is 0 Å². The number of rotatable bonds is 22. The molecular weight excluding hydrogens is 314 g/mol. The van der Waals surface area contributed by atoms with E-state index in [0.717, 1.165) is 6.42 Å². The fraction of sp³-hybridized carbons (Fsp3) is 0.920. The van der Waals surface area contributed by atoms with E-state index in [-0.39, 0.29) is 0 Å². The molecule has 0 radical (unpaired) electrons. The molecule has 0 unspecified atom stereocenters. The molecule has 1 nitrogen and oxygen atoms in total. The summed E-state index contributed by atoms with van der Waals surface area (Å²) in [5, 5.41) is 6.82. The van der Waals surface area contributed by atoms with Crippen molar-refractivity contribution in [3.63, 3.8) is 0 Å². The fourth-order valence-electron chi connectivity index (χ4n) is 3.75. The van der Waals surface area contributed by atoms with Crippen molar-refractivity contribution in [3.8, 4) is 0 Å². The van der Waals surface area contributed by atoms with E-state index in [4.69, 9.17) is 5.41 Å². The van der Waals surface area contributed by atoms with Crippen molar-refractivity contribution in [2.45, 2.75) is 148 Å². The molecule has 0 atom stereocenters. The summed E-state index contributed by atoms with van der Waals surface area (Å²) in [6.07, 6.45) is 33.0. The first-order chi connectivity index (χ1) is 12.9. The Balaban J connectivity index is 2.97. The maximum atomic E-state index is 6.82. The molecule has 0 aromatic rings. The van der Waals surface area contributed by atoms with Crippen molar-refractivity contribution in [2.75, 3.05) is 0 Å². The van der Waals surface area contributed by atoms with Crippen LogP contribution < -0.4 is 0 Å². The van der Waals surface area contributed by atoms with Crippen molar-refractivity contribution < 1.29 is 0 Å². The summed E-state index contributed by atoms with van der Waals surface area (Å²) in [7, 11) is 0. The summed E-state index contributed by atoms with van der Waals surface area (Å²) in [5.74, 6) is 2.35. The summed E-state index contributed by atoms with van der Waals surface area (Å²) in [6, 6.07) is 0. The van der Waals surface area contributed by atoms with Gasteiger partial charge in [0.15, 0.2) is 0 Å². The maximum absolute atomic E-state index is 6.82. The van der Waals surface area contributed by atoms with Gasteiger partial charge in [-0.1, -0.05) is 135 Å². The van der Waals surface area contributed by atoms with Crippen molar-refractivity contribution in [2.24, 2.45) is 0 Å². The minimum atomic E-state index is 1.04. The highest BCUT2D eigenvalue weighted by molar-refractivity contribution is 5.46. The molecule has 0 saturated carbocycles. The lowest BCUT2D eigenvalue weighted by atomic mass is 10.0. The van der Waals surface area contributed by atoms with Crippen molar-refractivity contribution >= 4 is 5.87 Å². The summed E-state index contributed by atoms with van der Waals surface area (Å²) < 4.78 is 0. The standard InChI is InChI=1S/C25H49N/c1-2-3-4-5-6-7-8-9-10-11-12-13-14-15-16-17-18-19-20-21-22-23-24-25-26/h24,26H,2-23H2,1H3. The highest BCUT2D eigenvalue weighted by atomic mass is 14.3. The molecule has 0 aromatic heterocycles. The Morgan fingerprint density at radius 2 is 0.731 bits per heavy atom. The number of allylic oxidation sites excluding steroid dienone is 1. The Hall–Kier alpha value is -0.550. The molecule has 0 aromatic carbocycles. The molecule has 0 bridgehead atoms. The SMILES string of the molecule is CCCCCCCCCCCCCCCCCCCCCCCC=C=N. The van der Waals surface area contributed by atoms with Crippen LogP contribution in [-0.2, 0) is 0 Å². The van der Waals surface area contributed by atoms with Gasteiger partial charge in [-0.3, -0.25) is 5.41 Å². The Morgan fingerprint density at radius 3 is 1.00 bits per heavy atom.